The van der Waals surface area contributed by atoms with Crippen molar-refractivity contribution in [3.8, 4) is 0 Å². The molecule has 1 aliphatic heterocycles. The first-order chi connectivity index (χ1) is 10.7. The molecular weight excluding hydrogens is 337 g/mol. The Hall–Kier alpha value is -2.22. The highest BCUT2D eigenvalue weighted by Crippen LogP contribution is 2.29. The predicted octanol–water partition coefficient (Wildman–Crippen LogP) is 3.07. The number of halogens is 4. The van der Waals surface area contributed by atoms with Crippen LogP contribution in [0.5, 0.6) is 0 Å². The lowest BCUT2D eigenvalue weighted by molar-refractivity contribution is -0.183. The number of allylic oxidation sites excluding steroid dienone is 1. The number of rotatable bonds is 3. The van der Waals surface area contributed by atoms with Crippen LogP contribution in [0.15, 0.2) is 35.5 Å². The summed E-state index contributed by atoms with van der Waals surface area (Å²) < 4.78 is 40.9. The summed E-state index contributed by atoms with van der Waals surface area (Å²) in [5.74, 6) is -1.17. The molecule has 23 heavy (non-hydrogen) atoms. The second-order valence-corrected chi connectivity index (χ2v) is 5.25. The van der Waals surface area contributed by atoms with E-state index in [4.69, 9.17) is 11.6 Å². The molecule has 0 saturated carbocycles. The summed E-state index contributed by atoms with van der Waals surface area (Å²) in [7, 11) is 0. The lowest BCUT2D eigenvalue weighted by Gasteiger charge is -2.28. The minimum Gasteiger partial charge on any atom is -0.453 e. The number of hydrogen-bond acceptors (Lipinski definition) is 3. The van der Waals surface area contributed by atoms with E-state index in [-0.39, 0.29) is 11.3 Å². The number of carbonyl (C=O) groups is 2. The lowest BCUT2D eigenvalue weighted by atomic mass is 9.95. The SMILES string of the molecule is CC1=C(C(=O)OCC(F)(F)F)C(c2cccc(Cl)c2)NC(=O)N1. The zero-order valence-corrected chi connectivity index (χ0v) is 12.6. The highest BCUT2D eigenvalue weighted by molar-refractivity contribution is 6.30. The normalized spacial score (nSPS) is 18.3. The van der Waals surface area contributed by atoms with Crippen molar-refractivity contribution in [3.05, 3.63) is 46.1 Å². The van der Waals surface area contributed by atoms with Crippen LogP contribution in [-0.2, 0) is 9.53 Å². The Morgan fingerprint density at radius 1 is 1.39 bits per heavy atom. The molecule has 2 rings (SSSR count). The molecule has 1 heterocycles. The van der Waals surface area contributed by atoms with Gasteiger partial charge < -0.3 is 15.4 Å². The molecule has 124 valence electrons. The first-order valence-electron chi connectivity index (χ1n) is 6.45. The molecule has 0 radical (unpaired) electrons. The van der Waals surface area contributed by atoms with Crippen molar-refractivity contribution in [3.63, 3.8) is 0 Å². The molecule has 1 atom stereocenters. The van der Waals surface area contributed by atoms with Gasteiger partial charge in [-0.2, -0.15) is 13.2 Å². The van der Waals surface area contributed by atoms with Crippen molar-refractivity contribution in [1.29, 1.82) is 0 Å². The Balaban J connectivity index is 2.33. The van der Waals surface area contributed by atoms with E-state index in [1.54, 1.807) is 18.2 Å². The Morgan fingerprint density at radius 2 is 2.09 bits per heavy atom. The van der Waals surface area contributed by atoms with E-state index in [1.165, 1.54) is 13.0 Å². The third kappa shape index (κ3) is 4.38. The molecule has 1 aliphatic rings. The van der Waals surface area contributed by atoms with Crippen LogP contribution in [0.25, 0.3) is 0 Å². The van der Waals surface area contributed by atoms with Gasteiger partial charge in [0.25, 0.3) is 0 Å². The van der Waals surface area contributed by atoms with Gasteiger partial charge in [-0.1, -0.05) is 23.7 Å². The average molecular weight is 349 g/mol. The minimum absolute atomic E-state index is 0.115. The summed E-state index contributed by atoms with van der Waals surface area (Å²) in [6.45, 7) is -0.306. The van der Waals surface area contributed by atoms with Crippen LogP contribution in [0.1, 0.15) is 18.5 Å². The summed E-state index contributed by atoms with van der Waals surface area (Å²) in [6, 6.07) is 4.74. The van der Waals surface area contributed by atoms with E-state index >= 15 is 0 Å². The molecule has 9 heteroatoms. The number of urea groups is 1. The largest absolute Gasteiger partial charge is 0.453 e. The van der Waals surface area contributed by atoms with Gasteiger partial charge >= 0.3 is 18.2 Å². The number of ether oxygens (including phenoxy) is 1. The van der Waals surface area contributed by atoms with Crippen LogP contribution in [0, 0.1) is 0 Å². The summed E-state index contributed by atoms with van der Waals surface area (Å²) in [4.78, 5) is 23.6. The fraction of sp³-hybridized carbons (Fsp3) is 0.286. The number of nitrogens with one attached hydrogen (secondary N) is 2. The molecule has 0 bridgehead atoms. The third-order valence-electron chi connectivity index (χ3n) is 3.04. The molecule has 5 nitrogen and oxygen atoms in total. The molecule has 1 unspecified atom stereocenters. The van der Waals surface area contributed by atoms with Crippen molar-refractivity contribution in [2.45, 2.75) is 19.1 Å². The molecule has 0 spiro atoms. The van der Waals surface area contributed by atoms with Crippen LogP contribution in [0.2, 0.25) is 5.02 Å². The molecule has 1 aromatic carbocycles. The van der Waals surface area contributed by atoms with Gasteiger partial charge in [-0.05, 0) is 24.6 Å². The zero-order valence-electron chi connectivity index (χ0n) is 11.8. The number of hydrogen-bond donors (Lipinski definition) is 2. The van der Waals surface area contributed by atoms with Crippen molar-refractivity contribution in [2.24, 2.45) is 0 Å². The van der Waals surface area contributed by atoms with Crippen molar-refractivity contribution in [1.82, 2.24) is 10.6 Å². The highest BCUT2D eigenvalue weighted by atomic mass is 35.5. The molecule has 2 N–H and O–H groups in total. The quantitative estimate of drug-likeness (QED) is 0.825. The first-order valence-corrected chi connectivity index (χ1v) is 6.83. The zero-order chi connectivity index (χ0) is 17.2. The summed E-state index contributed by atoms with van der Waals surface area (Å²) >= 11 is 5.88. The standard InChI is InChI=1S/C14H12ClF3N2O3/c1-7-10(12(21)23-6-14(16,17)18)11(20-13(22)19-7)8-3-2-4-9(15)5-8/h2-5,11H,6H2,1H3,(H2,19,20,22). The maximum atomic E-state index is 12.2. The van der Waals surface area contributed by atoms with Gasteiger partial charge in [0.05, 0.1) is 11.6 Å². The molecule has 0 aromatic heterocycles. The number of benzene rings is 1. The molecular formula is C14H12ClF3N2O3. The molecule has 0 saturated heterocycles. The maximum absolute atomic E-state index is 12.2. The first kappa shape index (κ1) is 17.1. The number of alkyl halides is 3. The molecule has 0 aliphatic carbocycles. The lowest BCUT2D eigenvalue weighted by Crippen LogP contribution is -2.45. The van der Waals surface area contributed by atoms with Gasteiger partial charge in [-0.15, -0.1) is 0 Å². The Kier molecular flexibility index (Phi) is 4.84. The van der Waals surface area contributed by atoms with Crippen LogP contribution in [-0.4, -0.2) is 24.8 Å². The maximum Gasteiger partial charge on any atom is 0.422 e. The number of amides is 2. The predicted molar refractivity (Wildman–Crippen MR) is 75.6 cm³/mol. The number of esters is 1. The van der Waals surface area contributed by atoms with E-state index in [1.807, 2.05) is 0 Å². The third-order valence-corrected chi connectivity index (χ3v) is 3.27. The van der Waals surface area contributed by atoms with Gasteiger partial charge in [0.15, 0.2) is 6.61 Å². The Labute approximate surface area is 134 Å². The van der Waals surface area contributed by atoms with E-state index in [0.717, 1.165) is 0 Å². The van der Waals surface area contributed by atoms with E-state index < -0.39 is 30.8 Å². The smallest absolute Gasteiger partial charge is 0.422 e. The van der Waals surface area contributed by atoms with Crippen LogP contribution in [0.3, 0.4) is 0 Å². The topological polar surface area (TPSA) is 67.4 Å². The van der Waals surface area contributed by atoms with Crippen molar-refractivity contribution >= 4 is 23.6 Å². The Bertz CT molecular complexity index is 673. The van der Waals surface area contributed by atoms with Gasteiger partial charge in [0, 0.05) is 10.7 Å². The van der Waals surface area contributed by atoms with Gasteiger partial charge in [-0.25, -0.2) is 9.59 Å². The highest BCUT2D eigenvalue weighted by Gasteiger charge is 2.35. The van der Waals surface area contributed by atoms with Crippen molar-refractivity contribution < 1.29 is 27.5 Å². The second-order valence-electron chi connectivity index (χ2n) is 4.82. The van der Waals surface area contributed by atoms with Gasteiger partial charge in [0.2, 0.25) is 0 Å². The van der Waals surface area contributed by atoms with E-state index in [9.17, 15) is 22.8 Å². The van der Waals surface area contributed by atoms with Crippen LogP contribution in [0.4, 0.5) is 18.0 Å². The summed E-state index contributed by atoms with van der Waals surface area (Å²) in [6.07, 6.45) is -4.64. The summed E-state index contributed by atoms with van der Waals surface area (Å²) in [5, 5.41) is 5.16. The summed E-state index contributed by atoms with van der Waals surface area (Å²) in [5.41, 5.74) is 0.452. The van der Waals surface area contributed by atoms with Gasteiger partial charge in [0.1, 0.15) is 0 Å². The monoisotopic (exact) mass is 348 g/mol. The van der Waals surface area contributed by atoms with Crippen LogP contribution < -0.4 is 10.6 Å². The minimum atomic E-state index is -4.64. The molecule has 2 amide bonds. The number of carbonyl (C=O) groups excluding carboxylic acids is 2. The van der Waals surface area contributed by atoms with Gasteiger partial charge in [-0.3, -0.25) is 0 Å². The van der Waals surface area contributed by atoms with Crippen LogP contribution >= 0.6 is 11.6 Å². The molecule has 1 aromatic rings. The molecule has 0 fully saturated rings. The average Bonchev–Trinajstić information content (AvgIpc) is 2.43. The van der Waals surface area contributed by atoms with E-state index in [2.05, 4.69) is 15.4 Å². The second kappa shape index (κ2) is 6.49. The van der Waals surface area contributed by atoms with Crippen molar-refractivity contribution in [2.75, 3.05) is 6.61 Å². The Morgan fingerprint density at radius 3 is 2.70 bits per heavy atom. The fourth-order valence-electron chi connectivity index (χ4n) is 2.13. The fourth-order valence-corrected chi connectivity index (χ4v) is 2.32. The van der Waals surface area contributed by atoms with E-state index in [0.29, 0.717) is 10.6 Å².